The van der Waals surface area contributed by atoms with E-state index >= 15 is 0 Å². The van der Waals surface area contributed by atoms with Crippen LogP contribution in [0, 0.1) is 5.92 Å². The lowest BCUT2D eigenvalue weighted by atomic mass is 9.89. The second kappa shape index (κ2) is 6.24. The number of hydrogen-bond donors (Lipinski definition) is 2. The summed E-state index contributed by atoms with van der Waals surface area (Å²) in [6.45, 7) is 0. The van der Waals surface area contributed by atoms with Gasteiger partial charge in [-0.3, -0.25) is 4.79 Å². The van der Waals surface area contributed by atoms with E-state index in [-0.39, 0.29) is 11.8 Å². The lowest BCUT2D eigenvalue weighted by Gasteiger charge is -2.33. The molecule has 2 rings (SSSR count). The van der Waals surface area contributed by atoms with E-state index in [2.05, 4.69) is 5.32 Å². The van der Waals surface area contributed by atoms with Crippen LogP contribution in [0.2, 0.25) is 0 Å². The Morgan fingerprint density at radius 3 is 2.44 bits per heavy atom. The molecule has 0 aromatic rings. The average molecular weight is 286 g/mol. The van der Waals surface area contributed by atoms with E-state index in [0.717, 1.165) is 43.6 Å². The molecular weight excluding hydrogens is 264 g/mol. The van der Waals surface area contributed by atoms with Gasteiger partial charge < -0.3 is 11.1 Å². The highest BCUT2D eigenvalue weighted by atomic mass is 32.2. The molecular formula is C13H22N2OS2. The lowest BCUT2D eigenvalue weighted by molar-refractivity contribution is -0.125. The fourth-order valence-electron chi connectivity index (χ4n) is 2.84. The first-order valence-corrected chi connectivity index (χ1v) is 8.40. The Bertz CT molecular complexity index is 319. The van der Waals surface area contributed by atoms with Gasteiger partial charge in [-0.2, -0.15) is 11.8 Å². The molecule has 1 atom stereocenters. The van der Waals surface area contributed by atoms with Crippen molar-refractivity contribution in [2.24, 2.45) is 11.7 Å². The van der Waals surface area contributed by atoms with E-state index in [9.17, 15) is 4.79 Å². The third-order valence-corrected chi connectivity index (χ3v) is 5.64. The molecule has 2 fully saturated rings. The summed E-state index contributed by atoms with van der Waals surface area (Å²) in [5.74, 6) is 2.36. The molecule has 1 aliphatic carbocycles. The van der Waals surface area contributed by atoms with Gasteiger partial charge in [-0.15, -0.1) is 0 Å². The average Bonchev–Trinajstić information content (AvgIpc) is 2.77. The Labute approximate surface area is 119 Å². The number of rotatable bonds is 3. The van der Waals surface area contributed by atoms with Gasteiger partial charge in [-0.1, -0.05) is 37.9 Å². The highest BCUT2D eigenvalue weighted by molar-refractivity contribution is 7.99. The molecule has 18 heavy (non-hydrogen) atoms. The van der Waals surface area contributed by atoms with Crippen molar-refractivity contribution in [2.45, 2.75) is 50.5 Å². The molecule has 1 heterocycles. The molecule has 1 saturated carbocycles. The highest BCUT2D eigenvalue weighted by Gasteiger charge is 2.37. The van der Waals surface area contributed by atoms with E-state index in [4.69, 9.17) is 18.0 Å². The summed E-state index contributed by atoms with van der Waals surface area (Å²) in [6.07, 6.45) is 7.47. The van der Waals surface area contributed by atoms with E-state index in [1.54, 1.807) is 0 Å². The van der Waals surface area contributed by atoms with Crippen LogP contribution in [0.15, 0.2) is 0 Å². The fraction of sp³-hybridized carbons (Fsp3) is 0.846. The number of nitrogens with one attached hydrogen (secondary N) is 1. The van der Waals surface area contributed by atoms with Crippen LogP contribution in [0.4, 0.5) is 0 Å². The monoisotopic (exact) mass is 286 g/mol. The van der Waals surface area contributed by atoms with Crippen LogP contribution < -0.4 is 11.1 Å². The van der Waals surface area contributed by atoms with E-state index in [1.807, 2.05) is 11.8 Å². The maximum atomic E-state index is 12.3. The summed E-state index contributed by atoms with van der Waals surface area (Å²) >= 11 is 7.10. The van der Waals surface area contributed by atoms with E-state index in [1.165, 1.54) is 12.8 Å². The van der Waals surface area contributed by atoms with Crippen molar-refractivity contribution in [1.82, 2.24) is 5.32 Å². The Morgan fingerprint density at radius 1 is 1.28 bits per heavy atom. The predicted octanol–water partition coefficient (Wildman–Crippen LogP) is 2.23. The summed E-state index contributed by atoms with van der Waals surface area (Å²) in [5, 5.41) is 3.20. The molecule has 0 aromatic carbocycles. The maximum absolute atomic E-state index is 12.3. The third-order valence-electron chi connectivity index (χ3n) is 4.09. The van der Waals surface area contributed by atoms with Crippen LogP contribution in [0.25, 0.3) is 0 Å². The summed E-state index contributed by atoms with van der Waals surface area (Å²) in [6, 6.07) is 0. The number of amides is 1. The van der Waals surface area contributed by atoms with Crippen molar-refractivity contribution in [3.8, 4) is 0 Å². The van der Waals surface area contributed by atoms with Gasteiger partial charge >= 0.3 is 0 Å². The number of nitrogens with two attached hydrogens (primary N) is 1. The van der Waals surface area contributed by atoms with Gasteiger partial charge in [-0.25, -0.2) is 0 Å². The van der Waals surface area contributed by atoms with Crippen molar-refractivity contribution in [3.63, 3.8) is 0 Å². The molecule has 1 aliphatic heterocycles. The minimum Gasteiger partial charge on any atom is -0.391 e. The standard InChI is InChI=1S/C13H22N2OS2/c14-12(17)13(6-3-1-2-4-7-13)15-11(16)10-5-8-18-9-10/h10H,1-9H2,(H2,14,17)(H,15,16). The first kappa shape index (κ1) is 14.1. The van der Waals surface area contributed by atoms with Crippen LogP contribution in [0.5, 0.6) is 0 Å². The van der Waals surface area contributed by atoms with E-state index in [0.29, 0.717) is 4.99 Å². The zero-order valence-electron chi connectivity index (χ0n) is 10.7. The van der Waals surface area contributed by atoms with Crippen LogP contribution in [0.3, 0.4) is 0 Å². The molecule has 3 nitrogen and oxygen atoms in total. The number of carbonyl (C=O) groups excluding carboxylic acids is 1. The Balaban J connectivity index is 2.04. The zero-order chi connectivity index (χ0) is 13.0. The van der Waals surface area contributed by atoms with Gasteiger partial charge in [0.05, 0.1) is 10.5 Å². The van der Waals surface area contributed by atoms with Crippen molar-refractivity contribution in [3.05, 3.63) is 0 Å². The van der Waals surface area contributed by atoms with E-state index < -0.39 is 5.54 Å². The maximum Gasteiger partial charge on any atom is 0.224 e. The smallest absolute Gasteiger partial charge is 0.224 e. The lowest BCUT2D eigenvalue weighted by Crippen LogP contribution is -2.57. The molecule has 0 radical (unpaired) electrons. The molecule has 0 bridgehead atoms. The second-order valence-corrected chi connectivity index (χ2v) is 7.00. The Hall–Kier alpha value is -0.290. The third kappa shape index (κ3) is 3.18. The summed E-state index contributed by atoms with van der Waals surface area (Å²) in [7, 11) is 0. The molecule has 1 amide bonds. The number of carbonyl (C=O) groups is 1. The molecule has 102 valence electrons. The predicted molar refractivity (Wildman–Crippen MR) is 80.8 cm³/mol. The molecule has 1 saturated heterocycles. The fourth-order valence-corrected chi connectivity index (χ4v) is 4.32. The van der Waals surface area contributed by atoms with Gasteiger partial charge in [0.15, 0.2) is 0 Å². The molecule has 0 aromatic heterocycles. The highest BCUT2D eigenvalue weighted by Crippen LogP contribution is 2.30. The van der Waals surface area contributed by atoms with Crippen molar-refractivity contribution in [1.29, 1.82) is 0 Å². The summed E-state index contributed by atoms with van der Waals surface area (Å²) < 4.78 is 0. The van der Waals surface area contributed by atoms with Crippen molar-refractivity contribution >= 4 is 34.9 Å². The number of hydrogen-bond acceptors (Lipinski definition) is 3. The van der Waals surface area contributed by atoms with Gasteiger partial charge in [0, 0.05) is 11.7 Å². The summed E-state index contributed by atoms with van der Waals surface area (Å²) in [5.41, 5.74) is 5.52. The quantitative estimate of drug-likeness (QED) is 0.617. The van der Waals surface area contributed by atoms with Gasteiger partial charge in [0.1, 0.15) is 0 Å². The first-order valence-electron chi connectivity index (χ1n) is 6.84. The molecule has 2 aliphatic rings. The largest absolute Gasteiger partial charge is 0.391 e. The summed E-state index contributed by atoms with van der Waals surface area (Å²) in [4.78, 5) is 12.8. The molecule has 5 heteroatoms. The van der Waals surface area contributed by atoms with Crippen molar-refractivity contribution in [2.75, 3.05) is 11.5 Å². The number of thiocarbonyl (C=S) groups is 1. The minimum absolute atomic E-state index is 0.157. The van der Waals surface area contributed by atoms with Crippen LogP contribution in [-0.2, 0) is 4.79 Å². The molecule has 1 unspecified atom stereocenters. The van der Waals surface area contributed by atoms with Gasteiger partial charge in [0.25, 0.3) is 0 Å². The molecule has 3 N–H and O–H groups in total. The van der Waals surface area contributed by atoms with Crippen LogP contribution in [0.1, 0.15) is 44.9 Å². The molecule has 0 spiro atoms. The van der Waals surface area contributed by atoms with Gasteiger partial charge in [-0.05, 0) is 25.0 Å². The zero-order valence-corrected chi connectivity index (χ0v) is 12.4. The number of thioether (sulfide) groups is 1. The van der Waals surface area contributed by atoms with Crippen LogP contribution >= 0.6 is 24.0 Å². The first-order chi connectivity index (χ1) is 8.64. The Kier molecular flexibility index (Phi) is 4.90. The minimum atomic E-state index is -0.407. The van der Waals surface area contributed by atoms with Gasteiger partial charge in [0.2, 0.25) is 5.91 Å². The second-order valence-electron chi connectivity index (χ2n) is 5.41. The topological polar surface area (TPSA) is 55.1 Å². The Morgan fingerprint density at radius 2 is 1.94 bits per heavy atom. The SMILES string of the molecule is NC(=S)C1(NC(=O)C2CCSC2)CCCCCC1. The van der Waals surface area contributed by atoms with Crippen LogP contribution in [-0.4, -0.2) is 27.9 Å². The van der Waals surface area contributed by atoms with Crippen molar-refractivity contribution < 1.29 is 4.79 Å². The normalized spacial score (nSPS) is 27.4.